The maximum absolute atomic E-state index is 12.6. The summed E-state index contributed by atoms with van der Waals surface area (Å²) < 4.78 is 11.5. The quantitative estimate of drug-likeness (QED) is 0.371. The molecule has 0 atom stereocenters. The molecule has 2 aromatic carbocycles. The van der Waals surface area contributed by atoms with Crippen molar-refractivity contribution in [3.8, 4) is 11.5 Å². The van der Waals surface area contributed by atoms with Gasteiger partial charge >= 0.3 is 0 Å². The zero-order valence-corrected chi connectivity index (χ0v) is 17.7. The highest BCUT2D eigenvalue weighted by Gasteiger charge is 2.17. The monoisotopic (exact) mass is 467 g/mol. The lowest BCUT2D eigenvalue weighted by atomic mass is 10.2. The van der Waals surface area contributed by atoms with Crippen LogP contribution in [0.15, 0.2) is 40.9 Å². The maximum Gasteiger partial charge on any atom is 0.273 e. The lowest BCUT2D eigenvalue weighted by Crippen LogP contribution is -2.34. The summed E-state index contributed by atoms with van der Waals surface area (Å²) >= 11 is 8.52. The molecule has 0 aliphatic carbocycles. The van der Waals surface area contributed by atoms with Crippen LogP contribution in [-0.2, 0) is 0 Å². The first kappa shape index (κ1) is 21.6. The fourth-order valence-corrected chi connectivity index (χ4v) is 2.82. The molecule has 28 heavy (non-hydrogen) atoms. The molecule has 0 saturated carbocycles. The van der Waals surface area contributed by atoms with Gasteiger partial charge in [-0.2, -0.15) is 0 Å². The van der Waals surface area contributed by atoms with Gasteiger partial charge in [-0.25, -0.2) is 0 Å². The summed E-state index contributed by atoms with van der Waals surface area (Å²) in [7, 11) is 1.38. The van der Waals surface area contributed by atoms with E-state index in [9.17, 15) is 14.9 Å². The first-order valence-electron chi connectivity index (χ1n) is 8.12. The minimum atomic E-state index is -0.532. The Kier molecular flexibility index (Phi) is 7.30. The van der Waals surface area contributed by atoms with Gasteiger partial charge in [0.2, 0.25) is 0 Å². The van der Waals surface area contributed by atoms with Crippen LogP contribution in [0.5, 0.6) is 11.5 Å². The smallest absolute Gasteiger partial charge is 0.273 e. The molecule has 0 heterocycles. The molecule has 0 aromatic heterocycles. The number of anilines is 1. The molecule has 148 valence electrons. The van der Waals surface area contributed by atoms with Crippen molar-refractivity contribution in [2.45, 2.75) is 20.0 Å². The highest BCUT2D eigenvalue weighted by molar-refractivity contribution is 9.10. The lowest BCUT2D eigenvalue weighted by molar-refractivity contribution is -0.384. The van der Waals surface area contributed by atoms with E-state index in [1.807, 2.05) is 13.8 Å². The number of carbonyl (C=O) groups is 1. The number of amides is 1. The standard InChI is InChI=1S/C18H18BrN3O5S/c1-10(2)27-15-7-4-11(19)8-13(15)17(23)21-18(28)20-14-6-5-12(22(24)25)9-16(14)26-3/h4-10H,1-3H3,(H2,20,21,23,28). The van der Waals surface area contributed by atoms with Gasteiger partial charge in [-0.1, -0.05) is 15.9 Å². The number of ether oxygens (including phenoxy) is 2. The van der Waals surface area contributed by atoms with Gasteiger partial charge in [0.15, 0.2) is 5.11 Å². The Hall–Kier alpha value is -2.72. The van der Waals surface area contributed by atoms with E-state index < -0.39 is 10.8 Å². The number of hydrogen-bond donors (Lipinski definition) is 2. The Balaban J connectivity index is 2.17. The SMILES string of the molecule is COc1cc([N+](=O)[O-])ccc1NC(=S)NC(=O)c1cc(Br)ccc1OC(C)C. The highest BCUT2D eigenvalue weighted by Crippen LogP contribution is 2.29. The number of rotatable bonds is 6. The third-order valence-electron chi connectivity index (χ3n) is 3.42. The van der Waals surface area contributed by atoms with E-state index in [0.717, 1.165) is 0 Å². The molecule has 0 saturated heterocycles. The topological polar surface area (TPSA) is 103 Å². The summed E-state index contributed by atoms with van der Waals surface area (Å²) in [4.78, 5) is 23.0. The molecule has 2 aromatic rings. The van der Waals surface area contributed by atoms with Crippen molar-refractivity contribution in [3.63, 3.8) is 0 Å². The first-order valence-corrected chi connectivity index (χ1v) is 9.32. The Morgan fingerprint density at radius 3 is 2.54 bits per heavy atom. The van der Waals surface area contributed by atoms with E-state index in [-0.39, 0.29) is 22.7 Å². The number of nitrogens with zero attached hydrogens (tertiary/aromatic N) is 1. The average Bonchev–Trinajstić information content (AvgIpc) is 2.62. The fourth-order valence-electron chi connectivity index (χ4n) is 2.26. The molecule has 8 nitrogen and oxygen atoms in total. The third-order valence-corrected chi connectivity index (χ3v) is 4.12. The van der Waals surface area contributed by atoms with E-state index >= 15 is 0 Å². The van der Waals surface area contributed by atoms with Crippen LogP contribution in [0.1, 0.15) is 24.2 Å². The number of carbonyl (C=O) groups excluding carboxylic acids is 1. The summed E-state index contributed by atoms with van der Waals surface area (Å²) in [5.41, 5.74) is 0.566. The summed E-state index contributed by atoms with van der Waals surface area (Å²) in [5, 5.41) is 16.2. The number of halogens is 1. The van der Waals surface area contributed by atoms with Gasteiger partial charge in [0.25, 0.3) is 11.6 Å². The van der Waals surface area contributed by atoms with Gasteiger partial charge < -0.3 is 14.8 Å². The molecule has 0 aliphatic rings. The Bertz CT molecular complexity index is 920. The molecular formula is C18H18BrN3O5S. The van der Waals surface area contributed by atoms with Crippen LogP contribution < -0.4 is 20.1 Å². The van der Waals surface area contributed by atoms with Crippen LogP contribution in [0.2, 0.25) is 0 Å². The molecule has 0 aliphatic heterocycles. The Morgan fingerprint density at radius 2 is 1.93 bits per heavy atom. The van der Waals surface area contributed by atoms with E-state index in [2.05, 4.69) is 26.6 Å². The zero-order valence-electron chi connectivity index (χ0n) is 15.3. The van der Waals surface area contributed by atoms with Gasteiger partial charge in [-0.3, -0.25) is 20.2 Å². The molecule has 0 bridgehead atoms. The van der Waals surface area contributed by atoms with Crippen molar-refractivity contribution in [1.29, 1.82) is 0 Å². The largest absolute Gasteiger partial charge is 0.494 e. The van der Waals surface area contributed by atoms with Crippen LogP contribution >= 0.6 is 28.1 Å². The molecular weight excluding hydrogens is 450 g/mol. The van der Waals surface area contributed by atoms with Gasteiger partial charge in [0.05, 0.1) is 35.5 Å². The van der Waals surface area contributed by atoms with Crippen molar-refractivity contribution >= 4 is 50.5 Å². The van der Waals surface area contributed by atoms with E-state index in [0.29, 0.717) is 21.5 Å². The van der Waals surface area contributed by atoms with Crippen molar-refractivity contribution < 1.29 is 19.2 Å². The van der Waals surface area contributed by atoms with Gasteiger partial charge in [0, 0.05) is 10.5 Å². The van der Waals surface area contributed by atoms with Crippen molar-refractivity contribution in [3.05, 3.63) is 56.5 Å². The normalized spacial score (nSPS) is 10.3. The number of nitrogens with one attached hydrogen (secondary N) is 2. The number of nitro benzene ring substituents is 1. The highest BCUT2D eigenvalue weighted by atomic mass is 79.9. The van der Waals surface area contributed by atoms with Crippen molar-refractivity contribution in [2.75, 3.05) is 12.4 Å². The van der Waals surface area contributed by atoms with Crippen molar-refractivity contribution in [1.82, 2.24) is 5.32 Å². The van der Waals surface area contributed by atoms with Gasteiger partial charge in [-0.15, -0.1) is 0 Å². The number of nitro groups is 1. The van der Waals surface area contributed by atoms with E-state index in [1.54, 1.807) is 18.2 Å². The second kappa shape index (κ2) is 9.47. The fraction of sp³-hybridized carbons (Fsp3) is 0.222. The third kappa shape index (κ3) is 5.64. The molecule has 0 spiro atoms. The number of non-ortho nitro benzene ring substituents is 1. The average molecular weight is 468 g/mol. The van der Waals surface area contributed by atoms with Gasteiger partial charge in [0.1, 0.15) is 11.5 Å². The summed E-state index contributed by atoms with van der Waals surface area (Å²) in [6.45, 7) is 3.72. The minimum Gasteiger partial charge on any atom is -0.494 e. The Labute approximate surface area is 175 Å². The number of hydrogen-bond acceptors (Lipinski definition) is 6. The number of thiocarbonyl (C=S) groups is 1. The molecule has 0 fully saturated rings. The summed E-state index contributed by atoms with van der Waals surface area (Å²) in [6.07, 6.45) is -0.109. The zero-order chi connectivity index (χ0) is 20.8. The van der Waals surface area contributed by atoms with E-state index in [1.165, 1.54) is 25.3 Å². The molecule has 0 radical (unpaired) electrons. The van der Waals surface area contributed by atoms with Crippen LogP contribution in [0, 0.1) is 10.1 Å². The molecule has 2 N–H and O–H groups in total. The van der Waals surface area contributed by atoms with Gasteiger partial charge in [-0.05, 0) is 50.3 Å². The first-order chi connectivity index (χ1) is 13.2. The van der Waals surface area contributed by atoms with Crippen LogP contribution in [-0.4, -0.2) is 29.2 Å². The molecule has 2 rings (SSSR count). The van der Waals surface area contributed by atoms with Crippen LogP contribution in [0.4, 0.5) is 11.4 Å². The molecule has 0 unspecified atom stereocenters. The summed E-state index contributed by atoms with van der Waals surface area (Å²) in [6, 6.07) is 9.10. The minimum absolute atomic E-state index is 0.00706. The van der Waals surface area contributed by atoms with Crippen LogP contribution in [0.3, 0.4) is 0 Å². The molecule has 10 heteroatoms. The predicted molar refractivity (Wildman–Crippen MR) is 113 cm³/mol. The van der Waals surface area contributed by atoms with E-state index in [4.69, 9.17) is 21.7 Å². The Morgan fingerprint density at radius 1 is 1.21 bits per heavy atom. The maximum atomic E-state index is 12.6. The van der Waals surface area contributed by atoms with Crippen LogP contribution in [0.25, 0.3) is 0 Å². The molecule has 1 amide bonds. The number of methoxy groups -OCH3 is 1. The predicted octanol–water partition coefficient (Wildman–Crippen LogP) is 4.28. The lowest BCUT2D eigenvalue weighted by Gasteiger charge is -2.16. The second-order valence-electron chi connectivity index (χ2n) is 5.86. The number of benzene rings is 2. The summed E-state index contributed by atoms with van der Waals surface area (Å²) in [5.74, 6) is 0.179. The second-order valence-corrected chi connectivity index (χ2v) is 7.18. The van der Waals surface area contributed by atoms with Crippen molar-refractivity contribution in [2.24, 2.45) is 0 Å².